The van der Waals surface area contributed by atoms with Crippen molar-refractivity contribution in [2.45, 2.75) is 36.7 Å². The Kier molecular flexibility index (Phi) is 4.86. The summed E-state index contributed by atoms with van der Waals surface area (Å²) < 4.78 is 43.7. The number of primary sulfonamides is 1. The van der Waals surface area contributed by atoms with Gasteiger partial charge in [0.1, 0.15) is 11.9 Å². The highest BCUT2D eigenvalue weighted by molar-refractivity contribution is 7.89. The van der Waals surface area contributed by atoms with Crippen LogP contribution in [0.1, 0.15) is 25.7 Å². The number of benzene rings is 2. The van der Waals surface area contributed by atoms with Gasteiger partial charge in [0.15, 0.2) is 5.82 Å². The first-order valence-corrected chi connectivity index (χ1v) is 10.5. The first-order valence-electron chi connectivity index (χ1n) is 8.93. The van der Waals surface area contributed by atoms with Gasteiger partial charge < -0.3 is 4.74 Å². The molecule has 9 heteroatoms. The molecule has 7 nitrogen and oxygen atoms in total. The van der Waals surface area contributed by atoms with E-state index in [2.05, 4.69) is 10.1 Å². The molecule has 2 aromatic carbocycles. The van der Waals surface area contributed by atoms with Crippen LogP contribution < -0.4 is 9.88 Å². The van der Waals surface area contributed by atoms with E-state index in [4.69, 9.17) is 9.88 Å². The largest absolute Gasteiger partial charge is 0.459 e. The summed E-state index contributed by atoms with van der Waals surface area (Å²) in [6.45, 7) is 0. The van der Waals surface area contributed by atoms with Gasteiger partial charge in [-0.05, 0) is 74.2 Å². The van der Waals surface area contributed by atoms with Gasteiger partial charge in [0.25, 0.3) is 0 Å². The number of nitrogens with two attached hydrogens (primary N) is 1. The highest BCUT2D eigenvalue weighted by Gasteiger charge is 2.21. The maximum Gasteiger partial charge on any atom is 0.336 e. The highest BCUT2D eigenvalue weighted by Crippen LogP contribution is 2.27. The van der Waals surface area contributed by atoms with Gasteiger partial charge in [-0.3, -0.25) is 0 Å². The first kappa shape index (κ1) is 18.6. The zero-order valence-corrected chi connectivity index (χ0v) is 15.8. The molecule has 1 aliphatic carbocycles. The maximum atomic E-state index is 13.3. The molecule has 1 aliphatic rings. The van der Waals surface area contributed by atoms with Gasteiger partial charge >= 0.3 is 6.01 Å². The van der Waals surface area contributed by atoms with Crippen molar-refractivity contribution in [1.29, 1.82) is 0 Å². The van der Waals surface area contributed by atoms with E-state index in [0.717, 1.165) is 25.7 Å². The predicted octanol–water partition coefficient (Wildman–Crippen LogP) is 3.04. The van der Waals surface area contributed by atoms with Gasteiger partial charge in [-0.1, -0.05) is 0 Å². The van der Waals surface area contributed by atoms with Gasteiger partial charge in [0.2, 0.25) is 10.0 Å². The van der Waals surface area contributed by atoms with E-state index in [0.29, 0.717) is 17.1 Å². The third kappa shape index (κ3) is 3.90. The Hall–Kier alpha value is -2.78. The fourth-order valence-corrected chi connectivity index (χ4v) is 3.76. The van der Waals surface area contributed by atoms with Crippen molar-refractivity contribution < 1.29 is 17.5 Å². The molecule has 2 N–H and O–H groups in total. The van der Waals surface area contributed by atoms with Gasteiger partial charge in [0.05, 0.1) is 10.6 Å². The second kappa shape index (κ2) is 7.33. The molecule has 0 saturated heterocycles. The van der Waals surface area contributed by atoms with Crippen LogP contribution in [0.15, 0.2) is 53.4 Å². The van der Waals surface area contributed by atoms with Crippen LogP contribution in [0, 0.1) is 5.82 Å². The second-order valence-corrected chi connectivity index (χ2v) is 8.26. The number of ether oxygens (including phenoxy) is 1. The van der Waals surface area contributed by atoms with Crippen molar-refractivity contribution in [2.75, 3.05) is 0 Å². The number of rotatable bonds is 5. The lowest BCUT2D eigenvalue weighted by Crippen LogP contribution is -2.12. The molecular weight excluding hydrogens is 383 g/mol. The fraction of sp³-hybridized carbons (Fsp3) is 0.263. The fourth-order valence-electron chi connectivity index (χ4n) is 3.24. The summed E-state index contributed by atoms with van der Waals surface area (Å²) >= 11 is 0. The summed E-state index contributed by atoms with van der Waals surface area (Å²) in [5, 5.41) is 9.60. The molecule has 0 aliphatic heterocycles. The summed E-state index contributed by atoms with van der Waals surface area (Å²) in [5.41, 5.74) is 1.24. The van der Waals surface area contributed by atoms with E-state index in [1.165, 1.54) is 24.3 Å². The van der Waals surface area contributed by atoms with E-state index in [1.54, 1.807) is 28.9 Å². The molecule has 1 saturated carbocycles. The minimum Gasteiger partial charge on any atom is -0.459 e. The van der Waals surface area contributed by atoms with Crippen LogP contribution in [-0.2, 0) is 10.0 Å². The van der Waals surface area contributed by atoms with E-state index >= 15 is 0 Å². The summed E-state index contributed by atoms with van der Waals surface area (Å²) in [4.78, 5) is 4.49. The third-order valence-corrected chi connectivity index (χ3v) is 5.60. The SMILES string of the molecule is NS(=O)(=O)c1ccc(-n2nc(OC3CCCC3)nc2-c2ccc(F)cc2)cc1. The van der Waals surface area contributed by atoms with Crippen LogP contribution >= 0.6 is 0 Å². The van der Waals surface area contributed by atoms with Crippen LogP contribution in [0.25, 0.3) is 17.1 Å². The molecule has 3 aromatic rings. The van der Waals surface area contributed by atoms with Crippen molar-refractivity contribution in [3.05, 3.63) is 54.3 Å². The van der Waals surface area contributed by atoms with Crippen molar-refractivity contribution in [1.82, 2.24) is 14.8 Å². The Balaban J connectivity index is 1.75. The Morgan fingerprint density at radius 3 is 2.29 bits per heavy atom. The minimum atomic E-state index is -3.79. The van der Waals surface area contributed by atoms with Gasteiger partial charge in [-0.25, -0.2) is 22.6 Å². The molecule has 0 spiro atoms. The van der Waals surface area contributed by atoms with Gasteiger partial charge in [-0.2, -0.15) is 4.98 Å². The number of hydrogen-bond acceptors (Lipinski definition) is 5. The highest BCUT2D eigenvalue weighted by atomic mass is 32.2. The lowest BCUT2D eigenvalue weighted by Gasteiger charge is -2.08. The third-order valence-electron chi connectivity index (χ3n) is 4.67. The van der Waals surface area contributed by atoms with Crippen molar-refractivity contribution >= 4 is 10.0 Å². The molecule has 0 amide bonds. The smallest absolute Gasteiger partial charge is 0.336 e. The number of sulfonamides is 1. The lowest BCUT2D eigenvalue weighted by atomic mass is 10.2. The first-order chi connectivity index (χ1) is 13.4. The summed E-state index contributed by atoms with van der Waals surface area (Å²) in [6.07, 6.45) is 4.24. The Bertz CT molecular complexity index is 1070. The topological polar surface area (TPSA) is 100 Å². The van der Waals surface area contributed by atoms with E-state index in [1.807, 2.05) is 0 Å². The minimum absolute atomic E-state index is 0.00197. The van der Waals surface area contributed by atoms with E-state index in [9.17, 15) is 12.8 Å². The molecule has 0 bridgehead atoms. The predicted molar refractivity (Wildman–Crippen MR) is 101 cm³/mol. The standard InChI is InChI=1S/C19H19FN4O3S/c20-14-7-5-13(6-8-14)18-22-19(27-16-3-1-2-4-16)23-24(18)15-9-11-17(12-10-15)28(21,25)26/h5-12,16H,1-4H2,(H2,21,25,26). The van der Waals surface area contributed by atoms with E-state index < -0.39 is 10.0 Å². The molecule has 28 heavy (non-hydrogen) atoms. The second-order valence-electron chi connectivity index (χ2n) is 6.70. The molecule has 0 atom stereocenters. The Morgan fingerprint density at radius 1 is 1.04 bits per heavy atom. The molecule has 0 unspecified atom stereocenters. The molecule has 1 heterocycles. The average molecular weight is 402 g/mol. The molecule has 146 valence electrons. The van der Waals surface area contributed by atoms with Crippen LogP contribution in [0.5, 0.6) is 6.01 Å². The molecular formula is C19H19FN4O3S. The monoisotopic (exact) mass is 402 g/mol. The van der Waals surface area contributed by atoms with Gasteiger partial charge in [0, 0.05) is 5.56 Å². The zero-order chi connectivity index (χ0) is 19.7. The average Bonchev–Trinajstić information content (AvgIpc) is 3.32. The van der Waals surface area contributed by atoms with Crippen LogP contribution in [0.3, 0.4) is 0 Å². The van der Waals surface area contributed by atoms with Crippen LogP contribution in [0.2, 0.25) is 0 Å². The van der Waals surface area contributed by atoms with Crippen molar-refractivity contribution in [3.63, 3.8) is 0 Å². The molecule has 0 radical (unpaired) electrons. The Labute approximate surface area is 162 Å². The van der Waals surface area contributed by atoms with Crippen molar-refractivity contribution in [2.24, 2.45) is 5.14 Å². The van der Waals surface area contributed by atoms with Gasteiger partial charge in [-0.15, -0.1) is 5.10 Å². The molecule has 1 fully saturated rings. The Morgan fingerprint density at radius 2 is 1.68 bits per heavy atom. The van der Waals surface area contributed by atoms with Crippen LogP contribution in [-0.4, -0.2) is 29.3 Å². The number of halogens is 1. The lowest BCUT2D eigenvalue weighted by molar-refractivity contribution is 0.192. The number of hydrogen-bond donors (Lipinski definition) is 1. The summed E-state index contributed by atoms with van der Waals surface area (Å²) in [7, 11) is -3.79. The molecule has 1 aromatic heterocycles. The van der Waals surface area contributed by atoms with Crippen LogP contribution in [0.4, 0.5) is 4.39 Å². The molecule has 4 rings (SSSR count). The summed E-state index contributed by atoms with van der Waals surface area (Å²) in [5.74, 6) is 0.117. The quantitative estimate of drug-likeness (QED) is 0.707. The number of aromatic nitrogens is 3. The summed E-state index contributed by atoms with van der Waals surface area (Å²) in [6, 6.07) is 12.1. The maximum absolute atomic E-state index is 13.3. The number of nitrogens with zero attached hydrogens (tertiary/aromatic N) is 3. The van der Waals surface area contributed by atoms with Crippen molar-refractivity contribution in [3.8, 4) is 23.1 Å². The zero-order valence-electron chi connectivity index (χ0n) is 15.0. The van der Waals surface area contributed by atoms with E-state index in [-0.39, 0.29) is 22.8 Å². The normalized spacial score (nSPS) is 15.1.